The summed E-state index contributed by atoms with van der Waals surface area (Å²) < 4.78 is 0. The van der Waals surface area contributed by atoms with E-state index >= 15 is 0 Å². The Morgan fingerprint density at radius 1 is 0.971 bits per heavy atom. The number of aryl methyl sites for hydroxylation is 2. The molecule has 35 heavy (non-hydrogen) atoms. The van der Waals surface area contributed by atoms with Crippen molar-refractivity contribution in [3.63, 3.8) is 0 Å². The molecule has 0 radical (unpaired) electrons. The van der Waals surface area contributed by atoms with Crippen LogP contribution in [0.5, 0.6) is 0 Å². The Labute approximate surface area is 215 Å². The van der Waals surface area contributed by atoms with Crippen molar-refractivity contribution in [1.82, 2.24) is 20.1 Å². The van der Waals surface area contributed by atoms with E-state index in [1.807, 2.05) is 19.1 Å². The number of H-pyrrole nitrogens is 1. The molecular weight excluding hydrogens is 452 g/mol. The van der Waals surface area contributed by atoms with Gasteiger partial charge in [0.15, 0.2) is 5.11 Å². The Bertz CT molecular complexity index is 1180. The molecule has 188 valence electrons. The largest absolute Gasteiger partial charge is 0.362 e. The molecule has 6 heteroatoms. The topological polar surface area (TPSA) is 51.4 Å². The number of fused-ring (bicyclic) bond motifs is 1. The van der Waals surface area contributed by atoms with E-state index in [9.17, 15) is 4.79 Å². The summed E-state index contributed by atoms with van der Waals surface area (Å²) in [5, 5.41) is 5.22. The average molecular weight is 493 g/mol. The Balaban J connectivity index is 1.81. The Kier molecular flexibility index (Phi) is 9.47. The van der Waals surface area contributed by atoms with Crippen molar-refractivity contribution in [2.75, 3.05) is 19.6 Å². The maximum atomic E-state index is 13.1. The van der Waals surface area contributed by atoms with Gasteiger partial charge in [-0.05, 0) is 82.9 Å². The van der Waals surface area contributed by atoms with Gasteiger partial charge in [-0.2, -0.15) is 0 Å². The van der Waals surface area contributed by atoms with Crippen LogP contribution >= 0.6 is 12.2 Å². The van der Waals surface area contributed by atoms with Crippen LogP contribution in [0.2, 0.25) is 0 Å². The summed E-state index contributed by atoms with van der Waals surface area (Å²) >= 11 is 5.84. The highest BCUT2D eigenvalue weighted by Gasteiger charge is 2.18. The highest BCUT2D eigenvalue weighted by atomic mass is 32.1. The standard InChI is InChI=1S/C29H40N4OS/c1-20(2)33(21(3)4)17-16-32(29(35)30-15-14-24-10-8-7-9-11-24)19-25-18-26-22(5)12-13-23(6)27(26)31-28(25)34/h7-13,18,20-21H,14-17,19H2,1-6H3,(H,30,35)(H,31,34). The first-order valence-corrected chi connectivity index (χ1v) is 13.0. The van der Waals surface area contributed by atoms with Crippen molar-refractivity contribution in [3.05, 3.63) is 81.1 Å². The monoisotopic (exact) mass is 492 g/mol. The summed E-state index contributed by atoms with van der Waals surface area (Å²) in [5.41, 5.74) is 5.11. The molecule has 0 spiro atoms. The SMILES string of the molecule is Cc1ccc(C)c2[nH]c(=O)c(CN(CCN(C(C)C)C(C)C)C(=S)NCCc3ccccc3)cc12. The summed E-state index contributed by atoms with van der Waals surface area (Å²) in [6.07, 6.45) is 0.897. The number of aromatic nitrogens is 1. The van der Waals surface area contributed by atoms with Gasteiger partial charge >= 0.3 is 0 Å². The number of aromatic amines is 1. The lowest BCUT2D eigenvalue weighted by molar-refractivity contribution is 0.160. The number of nitrogens with zero attached hydrogens (tertiary/aromatic N) is 2. The van der Waals surface area contributed by atoms with Crippen LogP contribution in [0.4, 0.5) is 0 Å². The Morgan fingerprint density at radius 3 is 2.29 bits per heavy atom. The first-order valence-electron chi connectivity index (χ1n) is 12.6. The fourth-order valence-electron chi connectivity index (χ4n) is 4.61. The predicted octanol–water partition coefficient (Wildman–Crippen LogP) is 5.18. The van der Waals surface area contributed by atoms with E-state index in [2.05, 4.69) is 91.1 Å². The van der Waals surface area contributed by atoms with Gasteiger partial charge in [-0.25, -0.2) is 0 Å². The molecule has 0 saturated carbocycles. The summed E-state index contributed by atoms with van der Waals surface area (Å²) in [6, 6.07) is 17.5. The first-order chi connectivity index (χ1) is 16.7. The summed E-state index contributed by atoms with van der Waals surface area (Å²) in [6.45, 7) is 15.9. The molecule has 0 unspecified atom stereocenters. The fraction of sp³-hybridized carbons (Fsp3) is 0.448. The molecule has 5 nitrogen and oxygen atoms in total. The second-order valence-corrected chi connectivity index (χ2v) is 10.3. The van der Waals surface area contributed by atoms with Crippen LogP contribution in [0.15, 0.2) is 53.3 Å². The van der Waals surface area contributed by atoms with Crippen molar-refractivity contribution in [1.29, 1.82) is 0 Å². The van der Waals surface area contributed by atoms with E-state index in [1.54, 1.807) is 0 Å². The molecule has 0 atom stereocenters. The van der Waals surface area contributed by atoms with Crippen LogP contribution in [0.1, 0.15) is 49.9 Å². The van der Waals surface area contributed by atoms with Gasteiger partial charge in [0.25, 0.3) is 5.56 Å². The zero-order chi connectivity index (χ0) is 25.5. The molecule has 0 aliphatic heterocycles. The second kappa shape index (κ2) is 12.3. The Hall–Kier alpha value is -2.70. The van der Waals surface area contributed by atoms with E-state index in [0.29, 0.717) is 23.7 Å². The predicted molar refractivity (Wildman–Crippen MR) is 152 cm³/mol. The van der Waals surface area contributed by atoms with E-state index in [4.69, 9.17) is 12.2 Å². The second-order valence-electron chi connectivity index (χ2n) is 9.93. The van der Waals surface area contributed by atoms with Crippen LogP contribution in [0.3, 0.4) is 0 Å². The van der Waals surface area contributed by atoms with Crippen LogP contribution in [0.25, 0.3) is 10.9 Å². The quantitative estimate of drug-likeness (QED) is 0.382. The van der Waals surface area contributed by atoms with Crippen molar-refractivity contribution in [2.24, 2.45) is 0 Å². The first kappa shape index (κ1) is 26.9. The summed E-state index contributed by atoms with van der Waals surface area (Å²) in [4.78, 5) is 20.8. The van der Waals surface area contributed by atoms with Gasteiger partial charge in [0.1, 0.15) is 0 Å². The number of rotatable bonds is 10. The van der Waals surface area contributed by atoms with Gasteiger partial charge in [0.05, 0.1) is 12.1 Å². The minimum absolute atomic E-state index is 0.0483. The maximum absolute atomic E-state index is 13.1. The van der Waals surface area contributed by atoms with Crippen molar-refractivity contribution >= 4 is 28.2 Å². The number of nitrogens with one attached hydrogen (secondary N) is 2. The van der Waals surface area contributed by atoms with Crippen LogP contribution < -0.4 is 10.9 Å². The number of thiocarbonyl (C=S) groups is 1. The molecule has 0 aliphatic rings. The molecule has 0 fully saturated rings. The summed E-state index contributed by atoms with van der Waals surface area (Å²) in [5.74, 6) is 0. The molecule has 1 aromatic heterocycles. The highest BCUT2D eigenvalue weighted by molar-refractivity contribution is 7.80. The average Bonchev–Trinajstić information content (AvgIpc) is 2.81. The lowest BCUT2D eigenvalue weighted by Crippen LogP contribution is -2.47. The smallest absolute Gasteiger partial charge is 0.253 e. The maximum Gasteiger partial charge on any atom is 0.253 e. The van der Waals surface area contributed by atoms with E-state index in [0.717, 1.165) is 53.6 Å². The molecule has 3 aromatic rings. The minimum atomic E-state index is -0.0483. The molecule has 0 saturated heterocycles. The van der Waals surface area contributed by atoms with Crippen LogP contribution in [0, 0.1) is 13.8 Å². The molecule has 2 aromatic carbocycles. The third-order valence-corrected chi connectivity index (χ3v) is 7.06. The van der Waals surface area contributed by atoms with Gasteiger partial charge in [0.2, 0.25) is 0 Å². The normalized spacial score (nSPS) is 11.6. The van der Waals surface area contributed by atoms with Crippen LogP contribution in [-0.4, -0.2) is 51.6 Å². The van der Waals surface area contributed by atoms with Gasteiger partial charge in [-0.1, -0.05) is 42.5 Å². The van der Waals surface area contributed by atoms with Gasteiger partial charge in [-0.3, -0.25) is 9.69 Å². The van der Waals surface area contributed by atoms with E-state index in [1.165, 1.54) is 5.56 Å². The lowest BCUT2D eigenvalue weighted by Gasteiger charge is -2.34. The number of hydrogen-bond acceptors (Lipinski definition) is 3. The third kappa shape index (κ3) is 7.15. The fourth-order valence-corrected chi connectivity index (χ4v) is 4.87. The zero-order valence-electron chi connectivity index (χ0n) is 22.0. The molecule has 1 heterocycles. The molecule has 2 N–H and O–H groups in total. The van der Waals surface area contributed by atoms with Crippen molar-refractivity contribution in [3.8, 4) is 0 Å². The molecular formula is C29H40N4OS. The van der Waals surface area contributed by atoms with Gasteiger partial charge < -0.3 is 15.2 Å². The number of pyridine rings is 1. The molecule has 0 aliphatic carbocycles. The Morgan fingerprint density at radius 2 is 1.63 bits per heavy atom. The minimum Gasteiger partial charge on any atom is -0.362 e. The molecule has 0 amide bonds. The number of benzene rings is 2. The lowest BCUT2D eigenvalue weighted by atomic mass is 10.0. The van der Waals surface area contributed by atoms with Gasteiger partial charge in [-0.15, -0.1) is 0 Å². The number of hydrogen-bond donors (Lipinski definition) is 2. The summed E-state index contributed by atoms with van der Waals surface area (Å²) in [7, 11) is 0. The third-order valence-electron chi connectivity index (χ3n) is 6.66. The molecule has 3 rings (SSSR count). The van der Waals surface area contributed by atoms with Crippen LogP contribution in [-0.2, 0) is 13.0 Å². The highest BCUT2D eigenvalue weighted by Crippen LogP contribution is 2.20. The van der Waals surface area contributed by atoms with E-state index in [-0.39, 0.29) is 5.56 Å². The van der Waals surface area contributed by atoms with Crippen molar-refractivity contribution in [2.45, 2.75) is 66.6 Å². The molecule has 0 bridgehead atoms. The van der Waals surface area contributed by atoms with Crippen molar-refractivity contribution < 1.29 is 0 Å². The zero-order valence-corrected chi connectivity index (χ0v) is 22.8. The van der Waals surface area contributed by atoms with E-state index < -0.39 is 0 Å². The van der Waals surface area contributed by atoms with Gasteiger partial charge in [0, 0.05) is 42.7 Å².